The number of rotatable bonds is 6. The molecular formula is C19H25N3O3. The second-order valence-corrected chi connectivity index (χ2v) is 6.36. The molecule has 134 valence electrons. The van der Waals surface area contributed by atoms with Gasteiger partial charge in [-0.15, -0.1) is 0 Å². The molecule has 2 heterocycles. The Bertz CT molecular complexity index is 694. The van der Waals surface area contributed by atoms with Gasteiger partial charge in [-0.3, -0.25) is 0 Å². The summed E-state index contributed by atoms with van der Waals surface area (Å²) in [6.45, 7) is 0.759. The molecule has 0 unspecified atom stereocenters. The molecule has 6 nitrogen and oxygen atoms in total. The molecule has 0 bridgehead atoms. The number of hydrogen-bond donors (Lipinski definition) is 1. The van der Waals surface area contributed by atoms with E-state index in [2.05, 4.69) is 15.2 Å². The number of nitrogens with one attached hydrogen (secondary N) is 1. The fourth-order valence-electron chi connectivity index (χ4n) is 3.47. The minimum atomic E-state index is -0.429. The Morgan fingerprint density at radius 1 is 1.32 bits per heavy atom. The van der Waals surface area contributed by atoms with Crippen molar-refractivity contribution in [2.24, 2.45) is 0 Å². The highest BCUT2D eigenvalue weighted by molar-refractivity contribution is 5.88. The first kappa shape index (κ1) is 17.3. The largest absolute Gasteiger partial charge is 0.472 e. The number of anilines is 2. The average molecular weight is 343 g/mol. The van der Waals surface area contributed by atoms with E-state index in [1.54, 1.807) is 18.6 Å². The van der Waals surface area contributed by atoms with Crippen LogP contribution in [0.15, 0.2) is 35.1 Å². The number of aromatic nitrogens is 1. The van der Waals surface area contributed by atoms with E-state index in [-0.39, 0.29) is 0 Å². The van der Waals surface area contributed by atoms with E-state index < -0.39 is 5.97 Å². The van der Waals surface area contributed by atoms with Crippen molar-refractivity contribution >= 4 is 17.5 Å². The van der Waals surface area contributed by atoms with E-state index in [1.165, 1.54) is 39.2 Å². The molecule has 1 aliphatic carbocycles. The van der Waals surface area contributed by atoms with Crippen LogP contribution in [0.4, 0.5) is 11.5 Å². The number of methoxy groups -OCH3 is 1. The molecule has 1 saturated carbocycles. The van der Waals surface area contributed by atoms with Crippen LogP contribution in [-0.4, -0.2) is 31.2 Å². The van der Waals surface area contributed by atoms with Crippen LogP contribution in [0.2, 0.25) is 0 Å². The van der Waals surface area contributed by atoms with Crippen LogP contribution in [0.1, 0.15) is 48.2 Å². The van der Waals surface area contributed by atoms with Crippen LogP contribution in [0.25, 0.3) is 0 Å². The molecule has 2 aromatic heterocycles. The summed E-state index contributed by atoms with van der Waals surface area (Å²) < 4.78 is 10.0. The first-order valence-electron chi connectivity index (χ1n) is 8.77. The summed E-state index contributed by atoms with van der Waals surface area (Å²) >= 11 is 0. The molecular weight excluding hydrogens is 318 g/mol. The molecule has 6 heteroatoms. The van der Waals surface area contributed by atoms with E-state index in [0.29, 0.717) is 17.6 Å². The molecule has 3 rings (SSSR count). The molecule has 0 aliphatic heterocycles. The zero-order valence-corrected chi connectivity index (χ0v) is 14.8. The predicted molar refractivity (Wildman–Crippen MR) is 96.9 cm³/mol. The fraction of sp³-hybridized carbons (Fsp3) is 0.474. The van der Waals surface area contributed by atoms with Gasteiger partial charge < -0.3 is 19.4 Å². The van der Waals surface area contributed by atoms with Crippen molar-refractivity contribution in [2.75, 3.05) is 24.4 Å². The number of nitrogens with zero attached hydrogens (tertiary/aromatic N) is 2. The maximum atomic E-state index is 11.8. The molecule has 0 spiro atoms. The van der Waals surface area contributed by atoms with Crippen molar-refractivity contribution < 1.29 is 13.9 Å². The van der Waals surface area contributed by atoms with E-state index >= 15 is 0 Å². The van der Waals surface area contributed by atoms with Gasteiger partial charge in [0.25, 0.3) is 0 Å². The van der Waals surface area contributed by atoms with Gasteiger partial charge >= 0.3 is 5.97 Å². The van der Waals surface area contributed by atoms with Gasteiger partial charge in [-0.1, -0.05) is 19.3 Å². The lowest BCUT2D eigenvalue weighted by Gasteiger charge is -2.36. The predicted octanol–water partition coefficient (Wildman–Crippen LogP) is 3.84. The molecule has 25 heavy (non-hydrogen) atoms. The number of pyridine rings is 1. The Balaban J connectivity index is 1.94. The quantitative estimate of drug-likeness (QED) is 0.804. The first-order valence-corrected chi connectivity index (χ1v) is 8.77. The molecule has 1 aliphatic rings. The third-order valence-electron chi connectivity index (χ3n) is 4.76. The summed E-state index contributed by atoms with van der Waals surface area (Å²) in [7, 11) is 3.19. The second kappa shape index (κ2) is 8.05. The van der Waals surface area contributed by atoms with Crippen LogP contribution in [-0.2, 0) is 11.3 Å². The smallest absolute Gasteiger partial charge is 0.356 e. The maximum Gasteiger partial charge on any atom is 0.356 e. The Morgan fingerprint density at radius 2 is 2.12 bits per heavy atom. The van der Waals surface area contributed by atoms with Gasteiger partial charge in [0.2, 0.25) is 0 Å². The molecule has 1 fully saturated rings. The number of carbonyl (C=O) groups excluding carboxylic acids is 1. The first-order chi connectivity index (χ1) is 12.2. The summed E-state index contributed by atoms with van der Waals surface area (Å²) in [5.74, 6) is 0.263. The summed E-state index contributed by atoms with van der Waals surface area (Å²) in [5.41, 5.74) is 2.44. The Morgan fingerprint density at radius 3 is 2.76 bits per heavy atom. The lowest BCUT2D eigenvalue weighted by Crippen LogP contribution is -2.37. The van der Waals surface area contributed by atoms with Crippen molar-refractivity contribution in [3.8, 4) is 0 Å². The Kier molecular flexibility index (Phi) is 5.58. The van der Waals surface area contributed by atoms with Crippen LogP contribution < -0.4 is 10.2 Å². The minimum Gasteiger partial charge on any atom is -0.472 e. The molecule has 0 amide bonds. The molecule has 2 aromatic rings. The van der Waals surface area contributed by atoms with Gasteiger partial charge in [-0.25, -0.2) is 9.78 Å². The van der Waals surface area contributed by atoms with Gasteiger partial charge in [-0.2, -0.15) is 0 Å². The Hall–Kier alpha value is -2.50. The van der Waals surface area contributed by atoms with Gasteiger partial charge in [0.15, 0.2) is 5.69 Å². The highest BCUT2D eigenvalue weighted by atomic mass is 16.5. The Labute approximate surface area is 148 Å². The van der Waals surface area contributed by atoms with Gasteiger partial charge in [0.1, 0.15) is 5.82 Å². The summed E-state index contributed by atoms with van der Waals surface area (Å²) in [6.07, 6.45) is 9.61. The minimum absolute atomic E-state index is 0.308. The van der Waals surface area contributed by atoms with Crippen molar-refractivity contribution in [2.45, 2.75) is 44.7 Å². The standard InChI is InChI=1S/C19H25N3O3/c1-20-18-17(9-8-16(21-18)19(23)24-2)22(12-14-10-11-25-13-14)15-6-4-3-5-7-15/h8-11,13,15H,3-7,12H2,1-2H3,(H,20,21). The van der Waals surface area contributed by atoms with Crippen LogP contribution >= 0.6 is 0 Å². The maximum absolute atomic E-state index is 11.8. The number of esters is 1. The van der Waals surface area contributed by atoms with E-state index in [9.17, 15) is 4.79 Å². The SMILES string of the molecule is CNc1nc(C(=O)OC)ccc1N(Cc1ccoc1)C1CCCCC1. The third-order valence-corrected chi connectivity index (χ3v) is 4.76. The van der Waals surface area contributed by atoms with Crippen LogP contribution in [0.3, 0.4) is 0 Å². The normalized spacial score (nSPS) is 15.0. The van der Waals surface area contributed by atoms with Crippen molar-refractivity contribution in [1.29, 1.82) is 0 Å². The lowest BCUT2D eigenvalue weighted by atomic mass is 9.93. The zero-order chi connectivity index (χ0) is 17.6. The van der Waals surface area contributed by atoms with Crippen molar-refractivity contribution in [3.63, 3.8) is 0 Å². The van der Waals surface area contributed by atoms with Crippen molar-refractivity contribution in [1.82, 2.24) is 4.98 Å². The van der Waals surface area contributed by atoms with Crippen LogP contribution in [0, 0.1) is 0 Å². The zero-order valence-electron chi connectivity index (χ0n) is 14.8. The molecule has 0 saturated heterocycles. The fourth-order valence-corrected chi connectivity index (χ4v) is 3.47. The molecule has 0 atom stereocenters. The number of ether oxygens (including phenoxy) is 1. The second-order valence-electron chi connectivity index (χ2n) is 6.36. The van der Waals surface area contributed by atoms with E-state index in [1.807, 2.05) is 19.2 Å². The number of hydrogen-bond acceptors (Lipinski definition) is 6. The molecule has 0 radical (unpaired) electrons. The van der Waals surface area contributed by atoms with Gasteiger partial charge in [0, 0.05) is 25.2 Å². The topological polar surface area (TPSA) is 67.6 Å². The average Bonchev–Trinajstić information content (AvgIpc) is 3.19. The van der Waals surface area contributed by atoms with E-state index in [4.69, 9.17) is 9.15 Å². The van der Waals surface area contributed by atoms with Gasteiger partial charge in [0.05, 0.1) is 25.3 Å². The number of furan rings is 1. The summed E-state index contributed by atoms with van der Waals surface area (Å²) in [5, 5.41) is 3.13. The molecule has 0 aromatic carbocycles. The monoisotopic (exact) mass is 343 g/mol. The summed E-state index contributed by atoms with van der Waals surface area (Å²) in [6, 6.07) is 6.14. The molecule has 1 N–H and O–H groups in total. The van der Waals surface area contributed by atoms with Crippen LogP contribution in [0.5, 0.6) is 0 Å². The summed E-state index contributed by atoms with van der Waals surface area (Å²) in [4.78, 5) is 18.6. The third kappa shape index (κ3) is 3.95. The highest BCUT2D eigenvalue weighted by Crippen LogP contribution is 2.33. The van der Waals surface area contributed by atoms with Crippen molar-refractivity contribution in [3.05, 3.63) is 42.0 Å². The lowest BCUT2D eigenvalue weighted by molar-refractivity contribution is 0.0594. The van der Waals surface area contributed by atoms with E-state index in [0.717, 1.165) is 17.8 Å². The number of carbonyl (C=O) groups is 1. The van der Waals surface area contributed by atoms with Gasteiger partial charge in [-0.05, 0) is 31.0 Å². The highest BCUT2D eigenvalue weighted by Gasteiger charge is 2.25.